The van der Waals surface area contributed by atoms with Crippen LogP contribution in [0.15, 0.2) is 174 Å². The Kier molecular flexibility index (Phi) is 5.58. The van der Waals surface area contributed by atoms with E-state index in [0.717, 1.165) is 0 Å². The summed E-state index contributed by atoms with van der Waals surface area (Å²) >= 11 is 1.88. The number of hydrogen-bond donors (Lipinski definition) is 0. The lowest BCUT2D eigenvalue weighted by Gasteiger charge is -2.21. The Bertz CT molecular complexity index is 2640. The molecular weight excluding hydrogens is 575 g/mol. The van der Waals surface area contributed by atoms with Crippen LogP contribution in [0.5, 0.6) is 0 Å². The monoisotopic (exact) mass is 601 g/mol. The summed E-state index contributed by atoms with van der Waals surface area (Å²) in [6, 6.07) is 60.1. The summed E-state index contributed by atoms with van der Waals surface area (Å²) in [5.41, 5.74) is 11.3. The molecule has 2 heteroatoms. The number of rotatable bonds is 3. The van der Waals surface area contributed by atoms with Crippen molar-refractivity contribution in [1.29, 1.82) is 0 Å². The molecular formula is C44H27NS. The van der Waals surface area contributed by atoms with Gasteiger partial charge < -0.3 is 4.57 Å². The van der Waals surface area contributed by atoms with Crippen molar-refractivity contribution in [3.63, 3.8) is 0 Å². The van der Waals surface area contributed by atoms with E-state index < -0.39 is 0 Å². The van der Waals surface area contributed by atoms with Crippen molar-refractivity contribution in [2.45, 2.75) is 9.79 Å². The standard InChI is InChI=1S/C44H27NS/c1-2-9-34-30(8-1)22-25-39-35-10-3-5-14-40(35)45(44(34)39)32-23-20-29(21-24-32)28-16-18-31(19-17-28)33-26-27-42-43-37(33)12-7-13-38(43)36-11-4-6-15-41(36)46-42/h1-27H. The molecule has 0 bridgehead atoms. The quantitative estimate of drug-likeness (QED) is 0.195. The van der Waals surface area contributed by atoms with E-state index in [1.54, 1.807) is 0 Å². The molecule has 8 aromatic carbocycles. The highest BCUT2D eigenvalue weighted by Crippen LogP contribution is 2.49. The van der Waals surface area contributed by atoms with Crippen molar-refractivity contribution >= 4 is 55.1 Å². The van der Waals surface area contributed by atoms with Gasteiger partial charge in [0.2, 0.25) is 0 Å². The van der Waals surface area contributed by atoms with E-state index in [9.17, 15) is 0 Å². The molecule has 0 radical (unpaired) electrons. The molecule has 10 rings (SSSR count). The highest BCUT2D eigenvalue weighted by atomic mass is 32.2. The molecule has 1 nitrogen and oxygen atoms in total. The normalized spacial score (nSPS) is 12.3. The second-order valence-electron chi connectivity index (χ2n) is 12.1. The third-order valence-corrected chi connectivity index (χ3v) is 10.7. The third kappa shape index (κ3) is 3.77. The first-order valence-electron chi connectivity index (χ1n) is 15.8. The smallest absolute Gasteiger partial charge is 0.0619 e. The van der Waals surface area contributed by atoms with E-state index in [1.807, 2.05) is 11.8 Å². The molecule has 0 spiro atoms. The average molecular weight is 602 g/mol. The molecule has 1 aliphatic heterocycles. The number of para-hydroxylation sites is 1. The van der Waals surface area contributed by atoms with Crippen molar-refractivity contribution in [2.24, 2.45) is 0 Å². The van der Waals surface area contributed by atoms with Crippen LogP contribution in [0.2, 0.25) is 0 Å². The van der Waals surface area contributed by atoms with Gasteiger partial charge in [-0.2, -0.15) is 0 Å². The highest BCUT2D eigenvalue weighted by molar-refractivity contribution is 7.99. The first-order valence-corrected chi connectivity index (χ1v) is 16.6. The number of hydrogen-bond acceptors (Lipinski definition) is 1. The van der Waals surface area contributed by atoms with Crippen molar-refractivity contribution in [1.82, 2.24) is 4.57 Å². The van der Waals surface area contributed by atoms with Gasteiger partial charge in [-0.3, -0.25) is 0 Å². The summed E-state index contributed by atoms with van der Waals surface area (Å²) in [4.78, 5) is 2.66. The first-order chi connectivity index (χ1) is 22.8. The molecule has 1 aromatic heterocycles. The van der Waals surface area contributed by atoms with Gasteiger partial charge in [0.15, 0.2) is 0 Å². The summed E-state index contributed by atoms with van der Waals surface area (Å²) < 4.78 is 2.43. The van der Waals surface area contributed by atoms with Gasteiger partial charge in [-0.25, -0.2) is 0 Å². The number of benzene rings is 8. The van der Waals surface area contributed by atoms with Gasteiger partial charge in [-0.15, -0.1) is 0 Å². The Morgan fingerprint density at radius 2 is 1.04 bits per heavy atom. The Balaban J connectivity index is 1.04. The Hall–Kier alpha value is -5.57. The molecule has 0 fully saturated rings. The van der Waals surface area contributed by atoms with Crippen LogP contribution in [-0.4, -0.2) is 4.57 Å². The maximum atomic E-state index is 2.43. The van der Waals surface area contributed by atoms with Crippen molar-refractivity contribution in [3.8, 4) is 39.1 Å². The SMILES string of the molecule is c1ccc2c(c1)Sc1ccc(-c3ccc(-c4ccc(-n5c6ccccc6c6ccc7ccccc7c65)cc4)cc3)c3cccc-2c13. The molecule has 2 heterocycles. The molecule has 0 unspecified atom stereocenters. The van der Waals surface area contributed by atoms with E-state index >= 15 is 0 Å². The molecule has 0 saturated carbocycles. The summed E-state index contributed by atoms with van der Waals surface area (Å²) in [5, 5.41) is 7.78. The van der Waals surface area contributed by atoms with Crippen LogP contribution in [0.4, 0.5) is 0 Å². The maximum Gasteiger partial charge on any atom is 0.0619 e. The minimum absolute atomic E-state index is 1.17. The molecule has 0 N–H and O–H groups in total. The van der Waals surface area contributed by atoms with E-state index in [1.165, 1.54) is 92.2 Å². The molecule has 0 amide bonds. The lowest BCUT2D eigenvalue weighted by Crippen LogP contribution is -1.94. The minimum atomic E-state index is 1.17. The summed E-state index contributed by atoms with van der Waals surface area (Å²) in [6.07, 6.45) is 0. The summed E-state index contributed by atoms with van der Waals surface area (Å²) in [5.74, 6) is 0. The highest BCUT2D eigenvalue weighted by Gasteiger charge is 2.20. The minimum Gasteiger partial charge on any atom is -0.309 e. The molecule has 1 aliphatic rings. The van der Waals surface area contributed by atoms with Gasteiger partial charge >= 0.3 is 0 Å². The van der Waals surface area contributed by atoms with Crippen LogP contribution in [0.25, 0.3) is 82.4 Å². The van der Waals surface area contributed by atoms with Gasteiger partial charge in [0, 0.05) is 37.0 Å². The van der Waals surface area contributed by atoms with Gasteiger partial charge in [0.25, 0.3) is 0 Å². The Morgan fingerprint density at radius 1 is 0.370 bits per heavy atom. The molecule has 0 atom stereocenters. The first kappa shape index (κ1) is 25.7. The van der Waals surface area contributed by atoms with Crippen LogP contribution in [0, 0.1) is 0 Å². The van der Waals surface area contributed by atoms with Gasteiger partial charge in [0.1, 0.15) is 0 Å². The largest absolute Gasteiger partial charge is 0.309 e. The molecule has 9 aromatic rings. The van der Waals surface area contributed by atoms with Crippen molar-refractivity contribution in [2.75, 3.05) is 0 Å². The van der Waals surface area contributed by atoms with Crippen LogP contribution in [0.3, 0.4) is 0 Å². The predicted molar refractivity (Wildman–Crippen MR) is 196 cm³/mol. The topological polar surface area (TPSA) is 4.93 Å². The lowest BCUT2D eigenvalue weighted by molar-refractivity contribution is 1.19. The molecule has 0 aliphatic carbocycles. The molecule has 214 valence electrons. The van der Waals surface area contributed by atoms with E-state index in [0.29, 0.717) is 0 Å². The number of nitrogens with zero attached hydrogens (tertiary/aromatic N) is 1. The summed E-state index contributed by atoms with van der Waals surface area (Å²) in [6.45, 7) is 0. The number of fused-ring (bicyclic) bond motifs is 7. The maximum absolute atomic E-state index is 2.43. The van der Waals surface area contributed by atoms with E-state index in [-0.39, 0.29) is 0 Å². The predicted octanol–water partition coefficient (Wildman–Crippen LogP) is 12.6. The van der Waals surface area contributed by atoms with Crippen molar-refractivity contribution in [3.05, 3.63) is 164 Å². The van der Waals surface area contributed by atoms with Crippen molar-refractivity contribution < 1.29 is 0 Å². The Labute approximate surface area is 271 Å². The van der Waals surface area contributed by atoms with Gasteiger partial charge in [0.05, 0.1) is 11.0 Å². The fourth-order valence-electron chi connectivity index (χ4n) is 7.48. The van der Waals surface area contributed by atoms with Crippen LogP contribution in [0.1, 0.15) is 0 Å². The zero-order valence-electron chi connectivity index (χ0n) is 24.9. The molecule has 46 heavy (non-hydrogen) atoms. The Morgan fingerprint density at radius 3 is 1.91 bits per heavy atom. The fraction of sp³-hybridized carbons (Fsp3) is 0. The van der Waals surface area contributed by atoms with Crippen LogP contribution >= 0.6 is 11.8 Å². The van der Waals surface area contributed by atoms with Gasteiger partial charge in [-0.1, -0.05) is 145 Å². The second-order valence-corrected chi connectivity index (χ2v) is 13.2. The van der Waals surface area contributed by atoms with E-state index in [2.05, 4.69) is 168 Å². The zero-order valence-corrected chi connectivity index (χ0v) is 25.8. The van der Waals surface area contributed by atoms with E-state index in [4.69, 9.17) is 0 Å². The zero-order chi connectivity index (χ0) is 30.2. The molecule has 0 saturated heterocycles. The summed E-state index contributed by atoms with van der Waals surface area (Å²) in [7, 11) is 0. The van der Waals surface area contributed by atoms with Crippen LogP contribution in [-0.2, 0) is 0 Å². The fourth-order valence-corrected chi connectivity index (χ4v) is 8.61. The lowest BCUT2D eigenvalue weighted by atomic mass is 9.92. The third-order valence-electron chi connectivity index (χ3n) is 9.61. The van der Waals surface area contributed by atoms with Crippen LogP contribution < -0.4 is 0 Å². The second kappa shape index (κ2) is 9.97. The average Bonchev–Trinajstić information content (AvgIpc) is 3.47. The number of aromatic nitrogens is 1. The van der Waals surface area contributed by atoms with Gasteiger partial charge in [-0.05, 0) is 74.5 Å².